The third-order valence-corrected chi connectivity index (χ3v) is 4.59. The van der Waals surface area contributed by atoms with E-state index < -0.39 is 0 Å². The maximum Gasteiger partial charge on any atom is 0.196 e. The van der Waals surface area contributed by atoms with E-state index in [1.165, 1.54) is 0 Å². The van der Waals surface area contributed by atoms with Crippen LogP contribution in [-0.2, 0) is 4.74 Å². The molecule has 2 aliphatic rings. The van der Waals surface area contributed by atoms with E-state index in [-0.39, 0.29) is 6.29 Å². The number of ether oxygens (including phenoxy) is 2. The molecule has 29 heavy (non-hydrogen) atoms. The smallest absolute Gasteiger partial charge is 0.196 e. The molecule has 0 aliphatic carbocycles. The molecule has 0 fully saturated rings. The van der Waals surface area contributed by atoms with Crippen LogP contribution in [-0.4, -0.2) is 37.2 Å². The van der Waals surface area contributed by atoms with Crippen molar-refractivity contribution in [1.82, 2.24) is 10.2 Å². The fourth-order valence-electron chi connectivity index (χ4n) is 3.08. The summed E-state index contributed by atoms with van der Waals surface area (Å²) in [4.78, 5) is 7.09. The number of nitrogens with one attached hydrogen (secondary N) is 1. The van der Waals surface area contributed by atoms with Crippen molar-refractivity contribution in [3.8, 4) is 5.75 Å². The Labute approximate surface area is 173 Å². The van der Waals surface area contributed by atoms with Gasteiger partial charge in [0.2, 0.25) is 0 Å². The van der Waals surface area contributed by atoms with Gasteiger partial charge in [-0.25, -0.2) is 4.99 Å². The van der Waals surface area contributed by atoms with Gasteiger partial charge in [0.1, 0.15) is 19.0 Å². The second-order valence-corrected chi connectivity index (χ2v) is 6.86. The van der Waals surface area contributed by atoms with Crippen molar-refractivity contribution < 1.29 is 9.47 Å². The van der Waals surface area contributed by atoms with Crippen LogP contribution in [0.1, 0.15) is 25.3 Å². The van der Waals surface area contributed by atoms with Gasteiger partial charge >= 0.3 is 0 Å². The number of hydrogen-bond acceptors (Lipinski definition) is 5. The fourth-order valence-corrected chi connectivity index (χ4v) is 3.08. The molecule has 0 spiro atoms. The minimum Gasteiger partial charge on any atom is -0.497 e. The number of allylic oxidation sites excluding steroid dienone is 3. The molecule has 2 aliphatic heterocycles. The van der Waals surface area contributed by atoms with Crippen molar-refractivity contribution in [2.24, 2.45) is 4.99 Å². The second-order valence-electron chi connectivity index (χ2n) is 6.86. The Balaban J connectivity index is 2.01. The van der Waals surface area contributed by atoms with Gasteiger partial charge in [0.25, 0.3) is 0 Å². The van der Waals surface area contributed by atoms with Crippen LogP contribution in [0.2, 0.25) is 0 Å². The lowest BCUT2D eigenvalue weighted by Crippen LogP contribution is -2.38. The van der Waals surface area contributed by atoms with E-state index in [1.807, 2.05) is 37.4 Å². The van der Waals surface area contributed by atoms with Crippen LogP contribution in [0.3, 0.4) is 0 Å². The molecular weight excluding hydrogens is 362 g/mol. The summed E-state index contributed by atoms with van der Waals surface area (Å²) in [5.41, 5.74) is 4.05. The molecule has 1 atom stereocenters. The van der Waals surface area contributed by atoms with Crippen molar-refractivity contribution >= 4 is 5.71 Å². The Morgan fingerprint density at radius 3 is 3.07 bits per heavy atom. The summed E-state index contributed by atoms with van der Waals surface area (Å²) in [6.45, 7) is 6.91. The van der Waals surface area contributed by atoms with Crippen LogP contribution < -0.4 is 10.1 Å². The van der Waals surface area contributed by atoms with Crippen molar-refractivity contribution in [3.05, 3.63) is 90.5 Å². The molecule has 0 amide bonds. The zero-order valence-electron chi connectivity index (χ0n) is 17.2. The summed E-state index contributed by atoms with van der Waals surface area (Å²) in [5.74, 6) is 0.811. The first-order valence-electron chi connectivity index (χ1n) is 9.94. The molecule has 152 valence electrons. The SMILES string of the molecule is C=C/C1=C\C(=C/CC)NC2N=C(CC=CN2C)c2cccc(c2)OC/C=C\OC1. The highest BCUT2D eigenvalue weighted by atomic mass is 16.5. The van der Waals surface area contributed by atoms with Gasteiger partial charge in [-0.15, -0.1) is 0 Å². The third-order valence-electron chi connectivity index (χ3n) is 4.59. The Morgan fingerprint density at radius 2 is 2.24 bits per heavy atom. The Hall–Kier alpha value is -3.21. The molecule has 1 N–H and O–H groups in total. The molecule has 0 radical (unpaired) electrons. The number of benzene rings is 1. The first-order chi connectivity index (χ1) is 14.2. The molecular formula is C24H29N3O2. The monoisotopic (exact) mass is 391 g/mol. The highest BCUT2D eigenvalue weighted by Gasteiger charge is 2.16. The van der Waals surface area contributed by atoms with Crippen molar-refractivity contribution in [2.75, 3.05) is 20.3 Å². The van der Waals surface area contributed by atoms with Crippen LogP contribution >= 0.6 is 0 Å². The first kappa shape index (κ1) is 20.5. The zero-order valence-corrected chi connectivity index (χ0v) is 17.2. The summed E-state index contributed by atoms with van der Waals surface area (Å²) in [6, 6.07) is 8.06. The summed E-state index contributed by atoms with van der Waals surface area (Å²) < 4.78 is 11.5. The van der Waals surface area contributed by atoms with Crippen LogP contribution in [0.5, 0.6) is 5.75 Å². The molecule has 2 heterocycles. The van der Waals surface area contributed by atoms with Crippen LogP contribution in [0.15, 0.2) is 89.9 Å². The standard InChI is InChI=1S/C24H29N3O2/c1-4-9-21-16-19(5-2)18-28-14-8-15-29-22-11-6-10-20(17-22)23-12-7-13-27(3)24(25-21)26-23/h5-11,13-14,16-17,24-25H,2,4,12,15,18H2,1,3H3/b14-8-,19-16+,21-9+. The van der Waals surface area contributed by atoms with Gasteiger partial charge in [0.15, 0.2) is 6.29 Å². The summed E-state index contributed by atoms with van der Waals surface area (Å²) in [6.07, 6.45) is 15.2. The van der Waals surface area contributed by atoms with E-state index in [2.05, 4.69) is 54.2 Å². The van der Waals surface area contributed by atoms with Crippen molar-refractivity contribution in [2.45, 2.75) is 26.1 Å². The van der Waals surface area contributed by atoms with Gasteiger partial charge in [0, 0.05) is 19.2 Å². The lowest BCUT2D eigenvalue weighted by molar-refractivity contribution is 0.276. The molecule has 0 saturated heterocycles. The van der Waals surface area contributed by atoms with E-state index in [0.717, 1.165) is 41.1 Å². The van der Waals surface area contributed by atoms with Crippen molar-refractivity contribution in [1.29, 1.82) is 0 Å². The first-order valence-corrected chi connectivity index (χ1v) is 9.94. The predicted octanol–water partition coefficient (Wildman–Crippen LogP) is 4.53. The average Bonchev–Trinajstić information content (AvgIpc) is 2.91. The number of nitrogens with zero attached hydrogens (tertiary/aromatic N) is 2. The van der Waals surface area contributed by atoms with E-state index >= 15 is 0 Å². The highest BCUT2D eigenvalue weighted by Crippen LogP contribution is 2.19. The zero-order chi connectivity index (χ0) is 20.5. The molecule has 0 aromatic heterocycles. The van der Waals surface area contributed by atoms with Gasteiger partial charge in [-0.05, 0) is 48.0 Å². The molecule has 4 bridgehead atoms. The number of rotatable bonds is 2. The van der Waals surface area contributed by atoms with Gasteiger partial charge in [0.05, 0.1) is 12.0 Å². The second kappa shape index (κ2) is 10.4. The van der Waals surface area contributed by atoms with Crippen LogP contribution in [0, 0.1) is 0 Å². The topological polar surface area (TPSA) is 46.1 Å². The quantitative estimate of drug-likeness (QED) is 0.805. The van der Waals surface area contributed by atoms with Gasteiger partial charge < -0.3 is 19.7 Å². The number of aliphatic imine (C=N–C) groups is 1. The molecule has 1 aromatic rings. The van der Waals surface area contributed by atoms with E-state index in [4.69, 9.17) is 14.5 Å². The molecule has 1 aromatic carbocycles. The van der Waals surface area contributed by atoms with E-state index in [0.29, 0.717) is 13.2 Å². The lowest BCUT2D eigenvalue weighted by Gasteiger charge is -2.25. The predicted molar refractivity (Wildman–Crippen MR) is 119 cm³/mol. The third kappa shape index (κ3) is 5.88. The summed E-state index contributed by atoms with van der Waals surface area (Å²) in [5, 5.41) is 3.55. The molecule has 0 saturated carbocycles. The Kier molecular flexibility index (Phi) is 7.34. The van der Waals surface area contributed by atoms with Gasteiger partial charge in [-0.3, -0.25) is 0 Å². The Bertz CT molecular complexity index is 865. The minimum absolute atomic E-state index is 0.220. The normalized spacial score (nSPS) is 24.1. The van der Waals surface area contributed by atoms with Gasteiger partial charge in [-0.1, -0.05) is 43.9 Å². The number of fused-ring (bicyclic) bond motifs is 4. The molecule has 3 rings (SSSR count). The maximum absolute atomic E-state index is 5.83. The van der Waals surface area contributed by atoms with Crippen LogP contribution in [0.25, 0.3) is 0 Å². The molecule has 5 nitrogen and oxygen atoms in total. The van der Waals surface area contributed by atoms with Crippen LogP contribution in [0.4, 0.5) is 0 Å². The number of hydrogen-bond donors (Lipinski definition) is 1. The van der Waals surface area contributed by atoms with E-state index in [9.17, 15) is 0 Å². The molecule has 1 unspecified atom stereocenters. The average molecular weight is 392 g/mol. The largest absolute Gasteiger partial charge is 0.497 e. The Morgan fingerprint density at radius 1 is 1.34 bits per heavy atom. The minimum atomic E-state index is -0.220. The maximum atomic E-state index is 5.83. The van der Waals surface area contributed by atoms with Gasteiger partial charge in [-0.2, -0.15) is 0 Å². The summed E-state index contributed by atoms with van der Waals surface area (Å²) >= 11 is 0. The summed E-state index contributed by atoms with van der Waals surface area (Å²) in [7, 11) is 2.02. The molecule has 5 heteroatoms. The lowest BCUT2D eigenvalue weighted by atomic mass is 10.1. The van der Waals surface area contributed by atoms with E-state index in [1.54, 1.807) is 6.26 Å². The highest BCUT2D eigenvalue weighted by molar-refractivity contribution is 6.02. The van der Waals surface area contributed by atoms with Crippen molar-refractivity contribution in [3.63, 3.8) is 0 Å². The fraction of sp³-hybridized carbons (Fsp3) is 0.292.